The number of piperazine rings is 2. The molecule has 0 radical (unpaired) electrons. The number of hydrogen-bond donors (Lipinski definition) is 0. The van der Waals surface area contributed by atoms with Gasteiger partial charge in [-0.3, -0.25) is 0 Å². The maximum atomic E-state index is 13.6. The first-order valence-electron chi connectivity index (χ1n) is 12.5. The van der Waals surface area contributed by atoms with Gasteiger partial charge in [-0.1, -0.05) is 24.3 Å². The van der Waals surface area contributed by atoms with Gasteiger partial charge in [-0.2, -0.15) is 8.61 Å². The highest BCUT2D eigenvalue weighted by Crippen LogP contribution is 2.32. The molecule has 0 unspecified atom stereocenters. The number of fused-ring (bicyclic) bond motifs is 1. The van der Waals surface area contributed by atoms with Crippen LogP contribution in [0, 0.1) is 0 Å². The number of benzene rings is 2. The summed E-state index contributed by atoms with van der Waals surface area (Å²) in [7, 11) is -7.94. The van der Waals surface area contributed by atoms with Crippen LogP contribution in [0.3, 0.4) is 0 Å². The summed E-state index contributed by atoms with van der Waals surface area (Å²) in [6, 6.07) is 9.17. The highest BCUT2D eigenvalue weighted by Gasteiger charge is 2.34. The average molecular weight is 569 g/mol. The lowest BCUT2D eigenvalue weighted by molar-refractivity contribution is 0.0928. The molecule has 0 aliphatic carbocycles. The van der Waals surface area contributed by atoms with Crippen LogP contribution in [0.15, 0.2) is 46.2 Å². The van der Waals surface area contributed by atoms with Crippen molar-refractivity contribution in [1.29, 1.82) is 0 Å². The van der Waals surface area contributed by atoms with Crippen molar-refractivity contribution < 1.29 is 35.9 Å². The van der Waals surface area contributed by atoms with Crippen LogP contribution in [0.25, 0.3) is 10.8 Å². The van der Waals surface area contributed by atoms with Crippen LogP contribution in [-0.4, -0.2) is 113 Å². The van der Waals surface area contributed by atoms with Crippen LogP contribution >= 0.6 is 0 Å². The summed E-state index contributed by atoms with van der Waals surface area (Å²) in [6.07, 6.45) is -0.958. The van der Waals surface area contributed by atoms with E-state index in [9.17, 15) is 26.4 Å². The van der Waals surface area contributed by atoms with E-state index in [1.165, 1.54) is 42.7 Å². The molecule has 0 spiro atoms. The molecule has 2 aromatic carbocycles. The van der Waals surface area contributed by atoms with E-state index in [2.05, 4.69) is 0 Å². The second kappa shape index (κ2) is 11.4. The number of amides is 2. The zero-order valence-electron chi connectivity index (χ0n) is 21.4. The number of hydrogen-bond acceptors (Lipinski definition) is 8. The third-order valence-corrected chi connectivity index (χ3v) is 10.5. The fraction of sp³-hybridized carbons (Fsp3) is 0.500. The third kappa shape index (κ3) is 5.44. The molecule has 2 heterocycles. The standard InChI is InChI=1S/C24H32N4O8S2/c1-3-35-23(29)25-11-15-27(16-12-25)37(31,32)21-9-5-8-20-19(21)7-6-10-22(20)38(33,34)28-17-13-26(14-18-28)24(30)36-4-2/h5-10H,3-4,11-18H2,1-2H3. The van der Waals surface area contributed by atoms with Gasteiger partial charge in [0, 0.05) is 63.1 Å². The Morgan fingerprint density at radius 1 is 0.632 bits per heavy atom. The second-order valence-corrected chi connectivity index (χ2v) is 12.6. The Morgan fingerprint density at radius 3 is 1.29 bits per heavy atom. The minimum absolute atomic E-state index is 0.00349. The summed E-state index contributed by atoms with van der Waals surface area (Å²) in [5, 5.41) is 0.595. The van der Waals surface area contributed by atoms with Gasteiger partial charge in [0.15, 0.2) is 0 Å². The van der Waals surface area contributed by atoms with Gasteiger partial charge in [-0.15, -0.1) is 0 Å². The second-order valence-electron chi connectivity index (χ2n) is 8.79. The predicted molar refractivity (Wildman–Crippen MR) is 139 cm³/mol. The summed E-state index contributed by atoms with van der Waals surface area (Å²) >= 11 is 0. The third-order valence-electron chi connectivity index (χ3n) is 6.61. The summed E-state index contributed by atoms with van der Waals surface area (Å²) in [5.74, 6) is 0. The number of ether oxygens (including phenoxy) is 2. The fourth-order valence-corrected chi connectivity index (χ4v) is 7.89. The molecule has 0 bridgehead atoms. The quantitative estimate of drug-likeness (QED) is 0.515. The molecule has 2 aliphatic heterocycles. The van der Waals surface area contributed by atoms with Crippen molar-refractivity contribution >= 4 is 43.0 Å². The van der Waals surface area contributed by atoms with Gasteiger partial charge in [-0.25, -0.2) is 26.4 Å². The molecule has 0 saturated carbocycles. The first-order valence-corrected chi connectivity index (χ1v) is 15.3. The Kier molecular flexibility index (Phi) is 8.45. The Hall–Kier alpha value is -2.94. The van der Waals surface area contributed by atoms with Crippen LogP contribution in [0.5, 0.6) is 0 Å². The average Bonchev–Trinajstić information content (AvgIpc) is 2.92. The molecular weight excluding hydrogens is 536 g/mol. The summed E-state index contributed by atoms with van der Waals surface area (Å²) in [4.78, 5) is 26.9. The van der Waals surface area contributed by atoms with E-state index in [1.54, 1.807) is 26.0 Å². The van der Waals surface area contributed by atoms with Crippen LogP contribution in [0.2, 0.25) is 0 Å². The van der Waals surface area contributed by atoms with Gasteiger partial charge >= 0.3 is 12.2 Å². The largest absolute Gasteiger partial charge is 0.450 e. The van der Waals surface area contributed by atoms with Crippen molar-refractivity contribution in [2.24, 2.45) is 0 Å². The molecule has 12 nitrogen and oxygen atoms in total. The predicted octanol–water partition coefficient (Wildman–Crippen LogP) is 1.77. The van der Waals surface area contributed by atoms with E-state index in [0.717, 1.165) is 0 Å². The van der Waals surface area contributed by atoms with Crippen LogP contribution in [0.1, 0.15) is 13.8 Å². The molecule has 208 valence electrons. The number of carbonyl (C=O) groups excluding carboxylic acids is 2. The van der Waals surface area contributed by atoms with Crippen molar-refractivity contribution in [3.05, 3.63) is 36.4 Å². The summed E-state index contributed by atoms with van der Waals surface area (Å²) in [5.41, 5.74) is 0. The SMILES string of the molecule is CCOC(=O)N1CCN(S(=O)(=O)c2cccc3c(S(=O)(=O)N4CCN(C(=O)OCC)CC4)cccc23)CC1. The molecular formula is C24H32N4O8S2. The molecule has 14 heteroatoms. The van der Waals surface area contributed by atoms with E-state index in [0.29, 0.717) is 10.8 Å². The molecule has 2 fully saturated rings. The van der Waals surface area contributed by atoms with Gasteiger partial charge in [0.1, 0.15) is 0 Å². The molecule has 0 N–H and O–H groups in total. The zero-order chi connectivity index (χ0) is 27.5. The molecule has 38 heavy (non-hydrogen) atoms. The van der Waals surface area contributed by atoms with Crippen molar-refractivity contribution in [1.82, 2.24) is 18.4 Å². The minimum Gasteiger partial charge on any atom is -0.450 e. The first kappa shape index (κ1) is 28.1. The van der Waals surface area contributed by atoms with Crippen molar-refractivity contribution in [3.63, 3.8) is 0 Å². The monoisotopic (exact) mass is 568 g/mol. The number of carbonyl (C=O) groups is 2. The maximum absolute atomic E-state index is 13.6. The van der Waals surface area contributed by atoms with E-state index < -0.39 is 32.2 Å². The van der Waals surface area contributed by atoms with Gasteiger partial charge in [-0.05, 0) is 26.0 Å². The summed E-state index contributed by atoms with van der Waals surface area (Å²) < 4.78 is 67.0. The highest BCUT2D eigenvalue weighted by molar-refractivity contribution is 7.89. The lowest BCUT2D eigenvalue weighted by Gasteiger charge is -2.34. The van der Waals surface area contributed by atoms with Crippen LogP contribution in [-0.2, 0) is 29.5 Å². The molecule has 2 aliphatic rings. The molecule has 4 rings (SSSR count). The van der Waals surface area contributed by atoms with E-state index >= 15 is 0 Å². The highest BCUT2D eigenvalue weighted by atomic mass is 32.2. The van der Waals surface area contributed by atoms with Gasteiger partial charge in [0.25, 0.3) is 0 Å². The Bertz CT molecular complexity index is 1290. The zero-order valence-corrected chi connectivity index (χ0v) is 23.0. The van der Waals surface area contributed by atoms with Crippen molar-refractivity contribution in [2.45, 2.75) is 23.6 Å². The normalized spacial score (nSPS) is 17.9. The smallest absolute Gasteiger partial charge is 0.409 e. The fourth-order valence-electron chi connectivity index (χ4n) is 4.63. The minimum atomic E-state index is -3.97. The maximum Gasteiger partial charge on any atom is 0.409 e. The molecule has 0 atom stereocenters. The van der Waals surface area contributed by atoms with E-state index in [-0.39, 0.29) is 75.4 Å². The first-order chi connectivity index (χ1) is 18.1. The van der Waals surface area contributed by atoms with Crippen LogP contribution in [0.4, 0.5) is 9.59 Å². The number of nitrogens with zero attached hydrogens (tertiary/aromatic N) is 4. The number of sulfonamides is 2. The Morgan fingerprint density at radius 2 is 0.974 bits per heavy atom. The van der Waals surface area contributed by atoms with E-state index in [4.69, 9.17) is 9.47 Å². The lowest BCUT2D eigenvalue weighted by Crippen LogP contribution is -2.50. The van der Waals surface area contributed by atoms with Crippen molar-refractivity contribution in [2.75, 3.05) is 65.6 Å². The number of rotatable bonds is 6. The molecule has 2 aromatic rings. The van der Waals surface area contributed by atoms with Crippen molar-refractivity contribution in [3.8, 4) is 0 Å². The van der Waals surface area contributed by atoms with Gasteiger partial charge < -0.3 is 19.3 Å². The van der Waals surface area contributed by atoms with Crippen LogP contribution < -0.4 is 0 Å². The Balaban J connectivity index is 1.59. The van der Waals surface area contributed by atoms with Gasteiger partial charge in [0.05, 0.1) is 23.0 Å². The van der Waals surface area contributed by atoms with E-state index in [1.807, 2.05) is 0 Å². The Labute approximate surface area is 222 Å². The molecule has 0 aromatic heterocycles. The lowest BCUT2D eigenvalue weighted by atomic mass is 10.1. The molecule has 2 saturated heterocycles. The van der Waals surface area contributed by atoms with Gasteiger partial charge in [0.2, 0.25) is 20.0 Å². The topological polar surface area (TPSA) is 134 Å². The summed E-state index contributed by atoms with van der Waals surface area (Å²) in [6.45, 7) is 5.05. The molecule has 2 amide bonds.